The fourth-order valence-electron chi connectivity index (χ4n) is 3.13. The van der Waals surface area contributed by atoms with E-state index in [1.807, 2.05) is 19.1 Å². The third-order valence-corrected chi connectivity index (χ3v) is 5.54. The standard InChI is InChI=1S/C20H21N3O4S/c1-10-5-14-7-13(4)19(20(24)18(14)15(21)6-10)23-22-16-8-11(2)12(3)9-17(16)28(25,26)27/h5-9,24H,21H2,1-4H3,(H,25,26,27). The molecule has 3 rings (SSSR count). The first kappa shape index (κ1) is 19.8. The molecule has 3 aromatic rings. The summed E-state index contributed by atoms with van der Waals surface area (Å²) in [6.45, 7) is 7.20. The summed E-state index contributed by atoms with van der Waals surface area (Å²) < 4.78 is 32.9. The van der Waals surface area contributed by atoms with Crippen LogP contribution in [-0.4, -0.2) is 18.1 Å². The highest BCUT2D eigenvalue weighted by molar-refractivity contribution is 7.86. The number of azo groups is 1. The van der Waals surface area contributed by atoms with Gasteiger partial charge in [0, 0.05) is 11.1 Å². The van der Waals surface area contributed by atoms with Crippen molar-refractivity contribution in [1.82, 2.24) is 0 Å². The number of benzene rings is 3. The topological polar surface area (TPSA) is 125 Å². The van der Waals surface area contributed by atoms with Gasteiger partial charge in [0.15, 0.2) is 5.75 Å². The molecule has 0 spiro atoms. The van der Waals surface area contributed by atoms with Gasteiger partial charge in [0.1, 0.15) is 16.3 Å². The van der Waals surface area contributed by atoms with Gasteiger partial charge in [-0.25, -0.2) is 0 Å². The van der Waals surface area contributed by atoms with Crippen LogP contribution in [-0.2, 0) is 10.1 Å². The maximum Gasteiger partial charge on any atom is 0.296 e. The number of phenols is 1. The van der Waals surface area contributed by atoms with Crippen LogP contribution in [0.1, 0.15) is 22.3 Å². The van der Waals surface area contributed by atoms with E-state index in [4.69, 9.17) is 5.73 Å². The number of aromatic hydroxyl groups is 1. The normalized spacial score (nSPS) is 12.2. The molecule has 0 bridgehead atoms. The predicted octanol–water partition coefficient (Wildman–Crippen LogP) is 5.02. The number of nitrogen functional groups attached to an aromatic ring is 1. The molecular weight excluding hydrogens is 378 g/mol. The van der Waals surface area contributed by atoms with Crippen molar-refractivity contribution in [2.75, 3.05) is 5.73 Å². The van der Waals surface area contributed by atoms with E-state index in [-0.39, 0.29) is 22.0 Å². The minimum absolute atomic E-state index is 0.0126. The number of hydrogen-bond donors (Lipinski definition) is 3. The van der Waals surface area contributed by atoms with Gasteiger partial charge in [0.2, 0.25) is 0 Å². The van der Waals surface area contributed by atoms with E-state index < -0.39 is 10.1 Å². The van der Waals surface area contributed by atoms with Crippen molar-refractivity contribution < 1.29 is 18.1 Å². The summed E-state index contributed by atoms with van der Waals surface area (Å²) in [5.74, 6) is -0.131. The molecule has 28 heavy (non-hydrogen) atoms. The van der Waals surface area contributed by atoms with E-state index in [2.05, 4.69) is 10.2 Å². The molecule has 4 N–H and O–H groups in total. The van der Waals surface area contributed by atoms with Crippen molar-refractivity contribution in [3.8, 4) is 5.75 Å². The maximum absolute atomic E-state index is 11.7. The van der Waals surface area contributed by atoms with Gasteiger partial charge in [-0.1, -0.05) is 6.07 Å². The van der Waals surface area contributed by atoms with Crippen LogP contribution >= 0.6 is 0 Å². The van der Waals surface area contributed by atoms with E-state index >= 15 is 0 Å². The van der Waals surface area contributed by atoms with Crippen LogP contribution < -0.4 is 5.73 Å². The van der Waals surface area contributed by atoms with Crippen molar-refractivity contribution in [3.63, 3.8) is 0 Å². The summed E-state index contributed by atoms with van der Waals surface area (Å²) in [5, 5.41) is 20.0. The first-order chi connectivity index (χ1) is 13.0. The van der Waals surface area contributed by atoms with Gasteiger partial charge in [-0.05, 0) is 79.6 Å². The summed E-state index contributed by atoms with van der Waals surface area (Å²) >= 11 is 0. The zero-order chi connectivity index (χ0) is 20.8. The van der Waals surface area contributed by atoms with Crippen LogP contribution in [0.4, 0.5) is 17.1 Å². The van der Waals surface area contributed by atoms with Gasteiger partial charge in [0.05, 0.1) is 0 Å². The fraction of sp³-hybridized carbons (Fsp3) is 0.200. The molecule has 7 nitrogen and oxygen atoms in total. The number of rotatable bonds is 3. The second-order valence-electron chi connectivity index (χ2n) is 6.92. The third-order valence-electron chi connectivity index (χ3n) is 4.66. The van der Waals surface area contributed by atoms with Gasteiger partial charge in [-0.3, -0.25) is 4.55 Å². The van der Waals surface area contributed by atoms with Crippen molar-refractivity contribution >= 4 is 38.0 Å². The lowest BCUT2D eigenvalue weighted by molar-refractivity contribution is 0.482. The van der Waals surface area contributed by atoms with E-state index in [1.54, 1.807) is 26.8 Å². The van der Waals surface area contributed by atoms with Crippen LogP contribution in [0.3, 0.4) is 0 Å². The highest BCUT2D eigenvalue weighted by Gasteiger charge is 2.18. The Kier molecular flexibility index (Phi) is 4.86. The van der Waals surface area contributed by atoms with E-state index in [0.717, 1.165) is 16.5 Å². The number of nitrogens with two attached hydrogens (primary N) is 1. The van der Waals surface area contributed by atoms with Crippen molar-refractivity contribution in [2.45, 2.75) is 32.6 Å². The SMILES string of the molecule is Cc1cc(N)c2c(O)c(N=Nc3cc(C)c(C)cc3S(=O)(=O)O)c(C)cc2c1. The van der Waals surface area contributed by atoms with Crippen LogP contribution in [0.25, 0.3) is 10.8 Å². The smallest absolute Gasteiger partial charge is 0.296 e. The van der Waals surface area contributed by atoms with E-state index in [1.165, 1.54) is 12.1 Å². The van der Waals surface area contributed by atoms with Crippen molar-refractivity contribution in [3.05, 3.63) is 52.6 Å². The Morgan fingerprint density at radius 3 is 2.18 bits per heavy atom. The third kappa shape index (κ3) is 3.56. The van der Waals surface area contributed by atoms with Crippen molar-refractivity contribution in [2.24, 2.45) is 10.2 Å². The largest absolute Gasteiger partial charge is 0.505 e. The Morgan fingerprint density at radius 1 is 0.893 bits per heavy atom. The Labute approximate surface area is 163 Å². The fourth-order valence-corrected chi connectivity index (χ4v) is 3.82. The molecule has 3 aromatic carbocycles. The minimum Gasteiger partial charge on any atom is -0.505 e. The van der Waals surface area contributed by atoms with Gasteiger partial charge in [-0.15, -0.1) is 10.2 Å². The molecule has 0 saturated heterocycles. The van der Waals surface area contributed by atoms with E-state index in [9.17, 15) is 18.1 Å². The molecule has 0 aliphatic carbocycles. The number of aryl methyl sites for hydroxylation is 4. The summed E-state index contributed by atoms with van der Waals surface area (Å²) in [6.07, 6.45) is 0. The molecule has 0 saturated carbocycles. The number of fused-ring (bicyclic) bond motifs is 1. The van der Waals surface area contributed by atoms with Gasteiger partial charge in [-0.2, -0.15) is 8.42 Å². The highest BCUT2D eigenvalue weighted by atomic mass is 32.2. The predicted molar refractivity (Wildman–Crippen MR) is 109 cm³/mol. The van der Waals surface area contributed by atoms with E-state index in [0.29, 0.717) is 22.2 Å². The molecule has 0 radical (unpaired) electrons. The summed E-state index contributed by atoms with van der Waals surface area (Å²) in [4.78, 5) is -0.340. The molecule has 0 fully saturated rings. The van der Waals surface area contributed by atoms with Crippen LogP contribution in [0.5, 0.6) is 5.75 Å². The molecule has 0 amide bonds. The molecule has 0 aliphatic rings. The summed E-state index contributed by atoms with van der Waals surface area (Å²) in [6, 6.07) is 8.34. The number of nitrogens with zero attached hydrogens (tertiary/aromatic N) is 2. The molecule has 0 aromatic heterocycles. The van der Waals surface area contributed by atoms with Gasteiger partial charge >= 0.3 is 0 Å². The quantitative estimate of drug-likeness (QED) is 0.324. The minimum atomic E-state index is -4.48. The second-order valence-corrected chi connectivity index (χ2v) is 8.31. The van der Waals surface area contributed by atoms with Crippen molar-refractivity contribution in [1.29, 1.82) is 0 Å². The summed E-state index contributed by atoms with van der Waals surface area (Å²) in [5.41, 5.74) is 9.74. The number of phenolic OH excluding ortho intramolecular Hbond substituents is 1. The Morgan fingerprint density at radius 2 is 1.54 bits per heavy atom. The lowest BCUT2D eigenvalue weighted by Gasteiger charge is -2.11. The Hall–Kier alpha value is -2.97. The molecule has 8 heteroatoms. The maximum atomic E-state index is 11.7. The zero-order valence-electron chi connectivity index (χ0n) is 16.0. The number of hydrogen-bond acceptors (Lipinski definition) is 6. The van der Waals surface area contributed by atoms with Crippen LogP contribution in [0.15, 0.2) is 45.5 Å². The Balaban J connectivity index is 2.22. The van der Waals surface area contributed by atoms with Crippen LogP contribution in [0.2, 0.25) is 0 Å². The highest BCUT2D eigenvalue weighted by Crippen LogP contribution is 2.42. The molecule has 146 valence electrons. The first-order valence-electron chi connectivity index (χ1n) is 8.52. The lowest BCUT2D eigenvalue weighted by Crippen LogP contribution is -2.00. The van der Waals surface area contributed by atoms with Gasteiger partial charge in [0.25, 0.3) is 10.1 Å². The lowest BCUT2D eigenvalue weighted by atomic mass is 10.0. The molecule has 0 heterocycles. The first-order valence-corrected chi connectivity index (χ1v) is 9.96. The average molecular weight is 399 g/mol. The molecule has 0 unspecified atom stereocenters. The molecular formula is C20H21N3O4S. The molecule has 0 atom stereocenters. The summed E-state index contributed by atoms with van der Waals surface area (Å²) in [7, 11) is -4.48. The average Bonchev–Trinajstić information content (AvgIpc) is 2.55. The van der Waals surface area contributed by atoms with Gasteiger partial charge < -0.3 is 10.8 Å². The number of anilines is 1. The molecule has 0 aliphatic heterocycles. The Bertz CT molecular complexity index is 1250. The monoisotopic (exact) mass is 399 g/mol. The zero-order valence-corrected chi connectivity index (χ0v) is 16.8. The van der Waals surface area contributed by atoms with Crippen LogP contribution in [0, 0.1) is 27.7 Å². The second kappa shape index (κ2) is 6.88.